The third-order valence-electron chi connectivity index (χ3n) is 3.59. The van der Waals surface area contributed by atoms with Crippen molar-refractivity contribution in [2.24, 2.45) is 0 Å². The molecule has 0 saturated carbocycles. The van der Waals surface area contributed by atoms with E-state index in [4.69, 9.17) is 0 Å². The third-order valence-corrected chi connectivity index (χ3v) is 3.59. The van der Waals surface area contributed by atoms with Gasteiger partial charge in [-0.2, -0.15) is 0 Å². The number of anilines is 2. The second-order valence-electron chi connectivity index (χ2n) is 5.07. The molecular formula is C14H24N4O. The van der Waals surface area contributed by atoms with Gasteiger partial charge in [0.2, 0.25) is 0 Å². The molecule has 1 aromatic heterocycles. The molecular weight excluding hydrogens is 240 g/mol. The van der Waals surface area contributed by atoms with Gasteiger partial charge in [-0.1, -0.05) is 19.8 Å². The monoisotopic (exact) mass is 264 g/mol. The van der Waals surface area contributed by atoms with Gasteiger partial charge in [0.15, 0.2) is 0 Å². The molecule has 1 unspecified atom stereocenters. The van der Waals surface area contributed by atoms with Crippen molar-refractivity contribution in [3.63, 3.8) is 0 Å². The fraction of sp³-hybridized carbons (Fsp3) is 0.714. The summed E-state index contributed by atoms with van der Waals surface area (Å²) >= 11 is 0. The quantitative estimate of drug-likeness (QED) is 0.852. The van der Waals surface area contributed by atoms with Crippen LogP contribution in [0.1, 0.15) is 39.0 Å². The van der Waals surface area contributed by atoms with Gasteiger partial charge in [-0.3, -0.25) is 0 Å². The second-order valence-corrected chi connectivity index (χ2v) is 5.07. The van der Waals surface area contributed by atoms with Crippen LogP contribution < -0.4 is 10.2 Å². The van der Waals surface area contributed by atoms with E-state index in [0.717, 1.165) is 44.0 Å². The molecule has 5 nitrogen and oxygen atoms in total. The Morgan fingerprint density at radius 3 is 3.05 bits per heavy atom. The van der Waals surface area contributed by atoms with E-state index in [0.29, 0.717) is 0 Å². The molecule has 1 atom stereocenters. The van der Waals surface area contributed by atoms with Crippen LogP contribution in [0.4, 0.5) is 11.6 Å². The highest BCUT2D eigenvalue weighted by Crippen LogP contribution is 2.23. The molecule has 0 spiro atoms. The molecule has 0 amide bonds. The van der Waals surface area contributed by atoms with Crippen molar-refractivity contribution in [3.05, 3.63) is 12.4 Å². The minimum atomic E-state index is 0.191. The Hall–Kier alpha value is -1.36. The molecule has 2 rings (SSSR count). The summed E-state index contributed by atoms with van der Waals surface area (Å²) in [7, 11) is 0. The molecule has 0 aromatic carbocycles. The number of aliphatic hydroxyl groups is 1. The lowest BCUT2D eigenvalue weighted by Gasteiger charge is -2.29. The predicted molar refractivity (Wildman–Crippen MR) is 77.5 cm³/mol. The van der Waals surface area contributed by atoms with Gasteiger partial charge in [0.05, 0.1) is 12.6 Å². The van der Waals surface area contributed by atoms with Crippen LogP contribution in [0.15, 0.2) is 12.4 Å². The van der Waals surface area contributed by atoms with Crippen molar-refractivity contribution in [2.45, 2.75) is 45.1 Å². The zero-order valence-electron chi connectivity index (χ0n) is 11.7. The number of hydrogen-bond donors (Lipinski definition) is 2. The zero-order valence-corrected chi connectivity index (χ0v) is 11.7. The van der Waals surface area contributed by atoms with E-state index in [1.165, 1.54) is 12.8 Å². The van der Waals surface area contributed by atoms with Gasteiger partial charge in [-0.05, 0) is 19.3 Å². The molecule has 0 aliphatic carbocycles. The maximum atomic E-state index is 9.56. The summed E-state index contributed by atoms with van der Waals surface area (Å²) in [5, 5.41) is 12.8. The van der Waals surface area contributed by atoms with Crippen LogP contribution in [-0.4, -0.2) is 40.8 Å². The normalized spacial score (nSPS) is 20.1. The van der Waals surface area contributed by atoms with Crippen molar-refractivity contribution in [1.29, 1.82) is 0 Å². The molecule has 106 valence electrons. The first-order valence-corrected chi connectivity index (χ1v) is 7.28. The summed E-state index contributed by atoms with van der Waals surface area (Å²) in [5.74, 6) is 1.79. The molecule has 2 N–H and O–H groups in total. The van der Waals surface area contributed by atoms with Gasteiger partial charge in [0.1, 0.15) is 18.0 Å². The Bertz CT molecular complexity index is 385. The second kappa shape index (κ2) is 7.28. The molecule has 1 saturated heterocycles. The summed E-state index contributed by atoms with van der Waals surface area (Å²) in [6, 6.07) is 2.18. The fourth-order valence-corrected chi connectivity index (χ4v) is 2.52. The first-order chi connectivity index (χ1) is 9.35. The molecule has 1 fully saturated rings. The largest absolute Gasteiger partial charge is 0.394 e. The smallest absolute Gasteiger partial charge is 0.134 e. The van der Waals surface area contributed by atoms with Gasteiger partial charge in [-0.15, -0.1) is 0 Å². The number of nitrogens with zero attached hydrogens (tertiary/aromatic N) is 3. The van der Waals surface area contributed by atoms with E-state index in [-0.39, 0.29) is 12.6 Å². The van der Waals surface area contributed by atoms with E-state index in [9.17, 15) is 5.11 Å². The van der Waals surface area contributed by atoms with Crippen LogP contribution >= 0.6 is 0 Å². The van der Waals surface area contributed by atoms with E-state index in [1.807, 2.05) is 6.07 Å². The van der Waals surface area contributed by atoms with E-state index >= 15 is 0 Å². The highest BCUT2D eigenvalue weighted by molar-refractivity contribution is 5.49. The summed E-state index contributed by atoms with van der Waals surface area (Å²) in [4.78, 5) is 10.8. The molecule has 1 aromatic rings. The van der Waals surface area contributed by atoms with Crippen molar-refractivity contribution < 1.29 is 5.11 Å². The minimum Gasteiger partial charge on any atom is -0.394 e. The van der Waals surface area contributed by atoms with Gasteiger partial charge in [-0.25, -0.2) is 9.97 Å². The first kappa shape index (κ1) is 14.1. The Kier molecular flexibility index (Phi) is 5.39. The number of hydrogen-bond acceptors (Lipinski definition) is 5. The minimum absolute atomic E-state index is 0.191. The van der Waals surface area contributed by atoms with Crippen molar-refractivity contribution in [3.8, 4) is 0 Å². The molecule has 19 heavy (non-hydrogen) atoms. The summed E-state index contributed by atoms with van der Waals surface area (Å²) in [5.41, 5.74) is 0. The average molecular weight is 264 g/mol. The van der Waals surface area contributed by atoms with Crippen molar-refractivity contribution in [2.75, 3.05) is 29.9 Å². The average Bonchev–Trinajstić information content (AvgIpc) is 2.70. The van der Waals surface area contributed by atoms with Crippen LogP contribution in [0.3, 0.4) is 0 Å². The van der Waals surface area contributed by atoms with E-state index in [1.54, 1.807) is 6.33 Å². The molecule has 1 aliphatic heterocycles. The topological polar surface area (TPSA) is 61.3 Å². The lowest BCUT2D eigenvalue weighted by Crippen LogP contribution is -2.38. The SMILES string of the molecule is CCCNc1cc(N2CCCCCC2CO)ncn1. The highest BCUT2D eigenvalue weighted by Gasteiger charge is 2.21. The fourth-order valence-electron chi connectivity index (χ4n) is 2.52. The standard InChI is InChI=1S/C14H24N4O/c1-2-7-15-13-9-14(17-11-16-13)18-8-5-3-4-6-12(18)10-19/h9,11-12,19H,2-8,10H2,1H3,(H,15,16,17). The van der Waals surface area contributed by atoms with Crippen LogP contribution in [0.2, 0.25) is 0 Å². The zero-order chi connectivity index (χ0) is 13.5. The van der Waals surface area contributed by atoms with Crippen LogP contribution in [-0.2, 0) is 0 Å². The molecule has 1 aliphatic rings. The van der Waals surface area contributed by atoms with E-state index < -0.39 is 0 Å². The lowest BCUT2D eigenvalue weighted by atomic mass is 10.1. The summed E-state index contributed by atoms with van der Waals surface area (Å²) in [6.45, 7) is 4.21. The maximum Gasteiger partial charge on any atom is 0.134 e. The molecule has 0 radical (unpaired) electrons. The molecule has 2 heterocycles. The predicted octanol–water partition coefficient (Wildman–Crippen LogP) is 2.04. The Morgan fingerprint density at radius 1 is 1.37 bits per heavy atom. The van der Waals surface area contributed by atoms with Gasteiger partial charge in [0.25, 0.3) is 0 Å². The number of aromatic nitrogens is 2. The van der Waals surface area contributed by atoms with E-state index in [2.05, 4.69) is 27.1 Å². The molecule has 5 heteroatoms. The Morgan fingerprint density at radius 2 is 2.26 bits per heavy atom. The summed E-state index contributed by atoms with van der Waals surface area (Å²) < 4.78 is 0. The maximum absolute atomic E-state index is 9.56. The highest BCUT2D eigenvalue weighted by atomic mass is 16.3. The van der Waals surface area contributed by atoms with Crippen LogP contribution in [0.5, 0.6) is 0 Å². The number of aliphatic hydroxyl groups excluding tert-OH is 1. The third kappa shape index (κ3) is 3.80. The molecule has 0 bridgehead atoms. The van der Waals surface area contributed by atoms with Gasteiger partial charge < -0.3 is 15.3 Å². The lowest BCUT2D eigenvalue weighted by molar-refractivity contribution is 0.254. The summed E-state index contributed by atoms with van der Waals surface area (Å²) in [6.07, 6.45) is 7.30. The van der Waals surface area contributed by atoms with Gasteiger partial charge >= 0.3 is 0 Å². The van der Waals surface area contributed by atoms with Crippen LogP contribution in [0.25, 0.3) is 0 Å². The Balaban J connectivity index is 2.13. The Labute approximate surface area is 115 Å². The van der Waals surface area contributed by atoms with Gasteiger partial charge in [0, 0.05) is 19.2 Å². The van der Waals surface area contributed by atoms with Crippen molar-refractivity contribution >= 4 is 11.6 Å². The first-order valence-electron chi connectivity index (χ1n) is 7.28. The van der Waals surface area contributed by atoms with Crippen molar-refractivity contribution in [1.82, 2.24) is 9.97 Å². The number of rotatable bonds is 5. The number of nitrogens with one attached hydrogen (secondary N) is 1. The van der Waals surface area contributed by atoms with Crippen LogP contribution in [0, 0.1) is 0 Å².